The lowest BCUT2D eigenvalue weighted by atomic mass is 9.99. The highest BCUT2D eigenvalue weighted by atomic mass is 16.7. The van der Waals surface area contributed by atoms with Gasteiger partial charge in [-0.3, -0.25) is 4.79 Å². The molecule has 0 aromatic carbocycles. The first kappa shape index (κ1) is 54.3. The van der Waals surface area contributed by atoms with Crippen molar-refractivity contribution < 1.29 is 39.8 Å². The van der Waals surface area contributed by atoms with Gasteiger partial charge >= 0.3 is 0 Å². The van der Waals surface area contributed by atoms with Crippen LogP contribution in [-0.4, -0.2) is 98.4 Å². The minimum Gasteiger partial charge on any atom is -0.394 e. The van der Waals surface area contributed by atoms with Gasteiger partial charge < -0.3 is 39.9 Å². The molecule has 9 nitrogen and oxygen atoms in total. The van der Waals surface area contributed by atoms with E-state index in [1.165, 1.54) is 186 Å². The van der Waals surface area contributed by atoms with Crippen LogP contribution >= 0.6 is 0 Å². The molecule has 2 saturated heterocycles. The van der Waals surface area contributed by atoms with Crippen LogP contribution in [0.25, 0.3) is 0 Å². The van der Waals surface area contributed by atoms with Crippen molar-refractivity contribution in [2.45, 2.75) is 300 Å². The molecule has 5 N–H and O–H groups in total. The van der Waals surface area contributed by atoms with E-state index in [1.807, 2.05) is 4.90 Å². The fourth-order valence-corrected chi connectivity index (χ4v) is 9.48. The zero-order valence-corrected chi connectivity index (χ0v) is 38.6. The summed E-state index contributed by atoms with van der Waals surface area (Å²) in [4.78, 5) is 15.7. The van der Waals surface area contributed by atoms with Crippen molar-refractivity contribution in [3.05, 3.63) is 0 Å². The van der Waals surface area contributed by atoms with Gasteiger partial charge in [0.25, 0.3) is 0 Å². The van der Waals surface area contributed by atoms with Crippen LogP contribution < -0.4 is 0 Å². The minimum absolute atomic E-state index is 0.0422. The number of amides is 1. The topological polar surface area (TPSA) is 140 Å². The summed E-state index contributed by atoms with van der Waals surface area (Å²) < 4.78 is 11.4. The van der Waals surface area contributed by atoms with Gasteiger partial charge in [0.1, 0.15) is 24.4 Å². The molecule has 0 saturated carbocycles. The Labute approximate surface area is 363 Å². The molecule has 5 unspecified atom stereocenters. The van der Waals surface area contributed by atoms with E-state index in [2.05, 4.69) is 13.8 Å². The lowest BCUT2D eigenvalue weighted by Gasteiger charge is -2.40. The van der Waals surface area contributed by atoms with Crippen molar-refractivity contribution in [2.24, 2.45) is 0 Å². The number of nitrogens with zero attached hydrogens (tertiary/aromatic N) is 1. The molecule has 2 fully saturated rings. The number of likely N-dealkylation sites (tertiary alicyclic amines) is 1. The van der Waals surface area contributed by atoms with Crippen LogP contribution in [-0.2, 0) is 14.3 Å². The van der Waals surface area contributed by atoms with E-state index in [0.29, 0.717) is 12.8 Å². The highest BCUT2D eigenvalue weighted by Gasteiger charge is 2.47. The maximum absolute atomic E-state index is 13.8. The lowest BCUT2D eigenvalue weighted by molar-refractivity contribution is -0.303. The van der Waals surface area contributed by atoms with Crippen LogP contribution in [0, 0.1) is 0 Å². The number of carbonyl (C=O) groups is 1. The second-order valence-electron chi connectivity index (χ2n) is 18.7. The van der Waals surface area contributed by atoms with E-state index >= 15 is 0 Å². The van der Waals surface area contributed by atoms with Gasteiger partial charge in [0.05, 0.1) is 25.4 Å². The zero-order valence-electron chi connectivity index (χ0n) is 38.6. The third kappa shape index (κ3) is 24.6. The van der Waals surface area contributed by atoms with Crippen LogP contribution in [0.1, 0.15) is 251 Å². The van der Waals surface area contributed by atoms with E-state index in [9.17, 15) is 30.3 Å². The van der Waals surface area contributed by atoms with Gasteiger partial charge in [-0.1, -0.05) is 226 Å². The van der Waals surface area contributed by atoms with Gasteiger partial charge in [0.15, 0.2) is 6.29 Å². The summed E-state index contributed by atoms with van der Waals surface area (Å²) in [7, 11) is 0. The second kappa shape index (κ2) is 36.7. The molecule has 0 aromatic heterocycles. The standard InChI is InChI=1S/C50H97NO8/c1-3-5-7-9-11-13-15-16-17-18-19-20-21-22-23-24-25-26-28-30-32-34-36-38-46(54)51-42(37-35-33-31-29-27-14-12-10-8-6-4-2)39-44(53)43(51)41-58-50-49(57)48(56)47(55)45(40-52)59-50/h42-45,47-50,52-53,55-57H,3-41H2,1-2H3/t42-,43-,44+,45?,47?,48?,49?,50?/m0/s1. The Hall–Kier alpha value is -0.810. The average molecular weight is 840 g/mol. The maximum atomic E-state index is 13.8. The highest BCUT2D eigenvalue weighted by Crippen LogP contribution is 2.32. The second-order valence-corrected chi connectivity index (χ2v) is 18.7. The lowest BCUT2D eigenvalue weighted by Crippen LogP contribution is -2.59. The third-order valence-corrected chi connectivity index (χ3v) is 13.4. The first-order valence-electron chi connectivity index (χ1n) is 25.8. The fourth-order valence-electron chi connectivity index (χ4n) is 9.48. The molecule has 0 aliphatic carbocycles. The molecule has 0 radical (unpaired) electrons. The Balaban J connectivity index is 1.62. The molecule has 59 heavy (non-hydrogen) atoms. The first-order valence-corrected chi connectivity index (χ1v) is 25.8. The molecular weight excluding hydrogens is 743 g/mol. The molecule has 2 rings (SSSR count). The predicted molar refractivity (Wildman–Crippen MR) is 242 cm³/mol. The van der Waals surface area contributed by atoms with E-state index in [0.717, 1.165) is 38.5 Å². The minimum atomic E-state index is -1.54. The molecule has 2 aliphatic rings. The third-order valence-electron chi connectivity index (χ3n) is 13.4. The molecule has 9 heteroatoms. The number of hydrogen-bond acceptors (Lipinski definition) is 8. The maximum Gasteiger partial charge on any atom is 0.223 e. The Morgan fingerprint density at radius 1 is 0.525 bits per heavy atom. The van der Waals surface area contributed by atoms with Crippen LogP contribution in [0.3, 0.4) is 0 Å². The van der Waals surface area contributed by atoms with Crippen molar-refractivity contribution in [3.63, 3.8) is 0 Å². The Morgan fingerprint density at radius 2 is 0.898 bits per heavy atom. The van der Waals surface area contributed by atoms with Gasteiger partial charge in [0.2, 0.25) is 5.91 Å². The monoisotopic (exact) mass is 840 g/mol. The van der Waals surface area contributed by atoms with Crippen LogP contribution in [0.15, 0.2) is 0 Å². The Bertz CT molecular complexity index is 954. The van der Waals surface area contributed by atoms with Crippen molar-refractivity contribution >= 4 is 5.91 Å². The van der Waals surface area contributed by atoms with Crippen molar-refractivity contribution in [3.8, 4) is 0 Å². The largest absolute Gasteiger partial charge is 0.394 e. The molecule has 350 valence electrons. The summed E-state index contributed by atoms with van der Waals surface area (Å²) in [5, 5.41) is 51.7. The zero-order chi connectivity index (χ0) is 42.8. The average Bonchev–Trinajstić information content (AvgIpc) is 3.55. The smallest absolute Gasteiger partial charge is 0.223 e. The van der Waals surface area contributed by atoms with Crippen LogP contribution in [0.4, 0.5) is 0 Å². The molecule has 0 aromatic rings. The number of ether oxygens (including phenoxy) is 2. The normalized spacial score (nSPS) is 24.7. The molecular formula is C50H97NO8. The SMILES string of the molecule is CCCCCCCCCCCCCCCCCCCCCCCCCC(=O)N1[C@@H](CCCCCCCCCCCCC)C[C@@H](O)[C@@H]1COC1OC(CO)C(O)C(O)C1O. The van der Waals surface area contributed by atoms with Crippen molar-refractivity contribution in [2.75, 3.05) is 13.2 Å². The summed E-state index contributed by atoms with van der Waals surface area (Å²) in [5.41, 5.74) is 0. The number of aliphatic hydroxyl groups excluding tert-OH is 5. The van der Waals surface area contributed by atoms with E-state index in [4.69, 9.17) is 9.47 Å². The van der Waals surface area contributed by atoms with E-state index < -0.39 is 49.5 Å². The summed E-state index contributed by atoms with van der Waals surface area (Å²) in [6, 6.07) is -0.652. The van der Waals surface area contributed by atoms with Gasteiger partial charge in [-0.25, -0.2) is 0 Å². The quantitative estimate of drug-likeness (QED) is 0.0384. The molecule has 1 amide bonds. The molecule has 8 atom stereocenters. The number of unbranched alkanes of at least 4 members (excludes halogenated alkanes) is 32. The predicted octanol–water partition coefficient (Wildman–Crippen LogP) is 11.2. The summed E-state index contributed by atoms with van der Waals surface area (Å²) >= 11 is 0. The van der Waals surface area contributed by atoms with Gasteiger partial charge in [-0.2, -0.15) is 0 Å². The number of rotatable bonds is 40. The van der Waals surface area contributed by atoms with Gasteiger partial charge in [0, 0.05) is 12.5 Å². The fraction of sp³-hybridized carbons (Fsp3) is 0.980. The summed E-state index contributed by atoms with van der Waals surface area (Å²) in [6.07, 6.45) is 38.7. The van der Waals surface area contributed by atoms with Crippen LogP contribution in [0.2, 0.25) is 0 Å². The number of aliphatic hydroxyl groups is 5. The molecule has 0 bridgehead atoms. The molecule has 2 aliphatic heterocycles. The molecule has 0 spiro atoms. The number of hydrogen-bond donors (Lipinski definition) is 5. The van der Waals surface area contributed by atoms with E-state index in [-0.39, 0.29) is 18.6 Å². The van der Waals surface area contributed by atoms with Gasteiger partial charge in [-0.15, -0.1) is 0 Å². The highest BCUT2D eigenvalue weighted by molar-refractivity contribution is 5.77. The van der Waals surface area contributed by atoms with Crippen molar-refractivity contribution in [1.82, 2.24) is 4.90 Å². The van der Waals surface area contributed by atoms with E-state index in [1.54, 1.807) is 0 Å². The van der Waals surface area contributed by atoms with Crippen molar-refractivity contribution in [1.29, 1.82) is 0 Å². The Morgan fingerprint density at radius 3 is 1.29 bits per heavy atom. The first-order chi connectivity index (χ1) is 28.8. The summed E-state index contributed by atoms with van der Waals surface area (Å²) in [6.45, 7) is 3.94. The van der Waals surface area contributed by atoms with Gasteiger partial charge in [-0.05, 0) is 19.3 Å². The Kier molecular flexibility index (Phi) is 33.7. The number of carbonyl (C=O) groups excluding carboxylic acids is 1. The summed E-state index contributed by atoms with van der Waals surface area (Å²) in [5.74, 6) is 0.0422. The van der Waals surface area contributed by atoms with Crippen LogP contribution in [0.5, 0.6) is 0 Å². The molecule has 2 heterocycles.